The number of hydrogen-bond donors (Lipinski definition) is 1. The Bertz CT molecular complexity index is 761. The van der Waals surface area contributed by atoms with E-state index < -0.39 is 0 Å². The molecule has 23 heavy (non-hydrogen) atoms. The zero-order valence-corrected chi connectivity index (χ0v) is 14.2. The molecule has 3 aromatic rings. The molecule has 120 valence electrons. The van der Waals surface area contributed by atoms with Crippen LogP contribution in [0.15, 0.2) is 29.9 Å². The molecule has 1 aliphatic rings. The molecule has 0 aromatic carbocycles. The smallest absolute Gasteiger partial charge is 0.235 e. The second kappa shape index (κ2) is 7.48. The molecule has 6 heteroatoms. The van der Waals surface area contributed by atoms with Gasteiger partial charge in [-0.1, -0.05) is 0 Å². The minimum absolute atomic E-state index is 0.630. The molecule has 0 unspecified atom stereocenters. The molecule has 0 atom stereocenters. The average molecular weight is 328 g/mol. The van der Waals surface area contributed by atoms with E-state index in [2.05, 4.69) is 25.6 Å². The third kappa shape index (κ3) is 3.65. The van der Waals surface area contributed by atoms with Crippen molar-refractivity contribution in [3.8, 4) is 17.3 Å². The van der Waals surface area contributed by atoms with Crippen molar-refractivity contribution in [1.82, 2.24) is 20.3 Å². The molecule has 1 N–H and O–H groups in total. The molecule has 1 aliphatic heterocycles. The van der Waals surface area contributed by atoms with Gasteiger partial charge >= 0.3 is 0 Å². The fourth-order valence-electron chi connectivity index (χ4n) is 2.40. The number of fused-ring (bicyclic) bond motifs is 1. The van der Waals surface area contributed by atoms with Crippen LogP contribution < -0.4 is 10.1 Å². The molecule has 0 bridgehead atoms. The molecule has 0 saturated carbocycles. The van der Waals surface area contributed by atoms with Crippen LogP contribution in [0.5, 0.6) is 5.88 Å². The van der Waals surface area contributed by atoms with Gasteiger partial charge in [-0.15, -0.1) is 11.3 Å². The van der Waals surface area contributed by atoms with Crippen molar-refractivity contribution in [3.05, 3.63) is 35.5 Å². The van der Waals surface area contributed by atoms with E-state index in [9.17, 15) is 0 Å². The van der Waals surface area contributed by atoms with E-state index in [1.165, 1.54) is 25.9 Å². The number of ether oxygens (including phenoxy) is 1. The molecule has 4 heterocycles. The van der Waals surface area contributed by atoms with Crippen LogP contribution in [0.4, 0.5) is 0 Å². The van der Waals surface area contributed by atoms with Crippen LogP contribution in [0.2, 0.25) is 0 Å². The summed E-state index contributed by atoms with van der Waals surface area (Å²) in [6.45, 7) is 4.54. The van der Waals surface area contributed by atoms with E-state index in [0.717, 1.165) is 21.3 Å². The lowest BCUT2D eigenvalue weighted by atomic mass is 10.2. The molecule has 5 nitrogen and oxygen atoms in total. The van der Waals surface area contributed by atoms with Gasteiger partial charge in [-0.3, -0.25) is 4.98 Å². The Hall–Kier alpha value is -2.05. The van der Waals surface area contributed by atoms with Crippen LogP contribution in [0.3, 0.4) is 0 Å². The minimum atomic E-state index is 0.630. The highest BCUT2D eigenvalue weighted by atomic mass is 32.1. The van der Waals surface area contributed by atoms with Crippen molar-refractivity contribution < 1.29 is 4.74 Å². The van der Waals surface area contributed by atoms with Gasteiger partial charge in [0.05, 0.1) is 12.6 Å². The van der Waals surface area contributed by atoms with Gasteiger partial charge in [-0.25, -0.2) is 4.98 Å². The number of pyridine rings is 1. The van der Waals surface area contributed by atoms with Crippen molar-refractivity contribution in [2.75, 3.05) is 20.2 Å². The van der Waals surface area contributed by atoms with Crippen LogP contribution in [0.1, 0.15) is 18.4 Å². The maximum atomic E-state index is 5.35. The first-order valence-electron chi connectivity index (χ1n) is 7.70. The van der Waals surface area contributed by atoms with Gasteiger partial charge in [0, 0.05) is 18.0 Å². The normalized spacial score (nSPS) is 13.7. The zero-order chi connectivity index (χ0) is 16.1. The second-order valence-electron chi connectivity index (χ2n) is 5.35. The van der Waals surface area contributed by atoms with E-state index in [1.807, 2.05) is 19.1 Å². The van der Waals surface area contributed by atoms with Crippen molar-refractivity contribution in [1.29, 1.82) is 0 Å². The molecular formula is C17H20N4OS. The molecule has 0 amide bonds. The monoisotopic (exact) mass is 328 g/mol. The number of aromatic nitrogens is 3. The van der Waals surface area contributed by atoms with Crippen molar-refractivity contribution in [3.63, 3.8) is 0 Å². The number of aryl methyl sites for hydroxylation is 1. The summed E-state index contributed by atoms with van der Waals surface area (Å²) in [6, 6.07) is 3.78. The highest BCUT2D eigenvalue weighted by molar-refractivity contribution is 7.17. The number of rotatable bonds is 2. The number of methoxy groups -OCH3 is 1. The van der Waals surface area contributed by atoms with Crippen LogP contribution >= 0.6 is 11.3 Å². The zero-order valence-electron chi connectivity index (χ0n) is 13.4. The maximum Gasteiger partial charge on any atom is 0.235 e. The Morgan fingerprint density at radius 3 is 2.48 bits per heavy atom. The third-order valence-corrected chi connectivity index (χ3v) is 4.73. The Morgan fingerprint density at radius 1 is 1.13 bits per heavy atom. The number of nitrogens with zero attached hydrogens (tertiary/aromatic N) is 3. The topological polar surface area (TPSA) is 59.9 Å². The summed E-state index contributed by atoms with van der Waals surface area (Å²) >= 11 is 1.61. The first-order chi connectivity index (χ1) is 11.3. The van der Waals surface area contributed by atoms with Gasteiger partial charge < -0.3 is 10.1 Å². The van der Waals surface area contributed by atoms with E-state index in [-0.39, 0.29) is 0 Å². The summed E-state index contributed by atoms with van der Waals surface area (Å²) in [4.78, 5) is 13.1. The minimum Gasteiger partial charge on any atom is -0.480 e. The van der Waals surface area contributed by atoms with Crippen molar-refractivity contribution in [2.24, 2.45) is 0 Å². The number of nitrogens with one attached hydrogen (secondary N) is 1. The van der Waals surface area contributed by atoms with Crippen molar-refractivity contribution in [2.45, 2.75) is 19.8 Å². The van der Waals surface area contributed by atoms with Gasteiger partial charge in [-0.2, -0.15) is 4.98 Å². The summed E-state index contributed by atoms with van der Waals surface area (Å²) in [6.07, 6.45) is 6.24. The van der Waals surface area contributed by atoms with E-state index >= 15 is 0 Å². The predicted octanol–water partition coefficient (Wildman–Crippen LogP) is 3.44. The fourth-order valence-corrected chi connectivity index (χ4v) is 3.35. The van der Waals surface area contributed by atoms with Gasteiger partial charge in [0.15, 0.2) is 5.82 Å². The molecule has 1 saturated heterocycles. The van der Waals surface area contributed by atoms with Gasteiger partial charge in [-0.05, 0) is 55.9 Å². The van der Waals surface area contributed by atoms with Gasteiger partial charge in [0.25, 0.3) is 0 Å². The van der Waals surface area contributed by atoms with Crippen molar-refractivity contribution >= 4 is 21.6 Å². The first kappa shape index (κ1) is 15.8. The lowest BCUT2D eigenvalue weighted by Crippen LogP contribution is -2.03. The number of thiophene rings is 1. The van der Waals surface area contributed by atoms with Crippen LogP contribution in [-0.2, 0) is 0 Å². The molecular weight excluding hydrogens is 308 g/mol. The number of hydrogen-bond acceptors (Lipinski definition) is 6. The Labute approximate surface area is 139 Å². The standard InChI is InChI=1S/C13H11N3OS.C4H9N/c1-8-7-18-11-10(8)15-12(16-13(11)17-2)9-3-5-14-6-4-9;1-2-4-5-3-1/h3-7H,1-2H3;5H,1-4H2. The van der Waals surface area contributed by atoms with Gasteiger partial charge in [0.2, 0.25) is 5.88 Å². The Kier molecular flexibility index (Phi) is 5.15. The Morgan fingerprint density at radius 2 is 1.87 bits per heavy atom. The molecule has 1 fully saturated rings. The molecule has 0 radical (unpaired) electrons. The lowest BCUT2D eigenvalue weighted by molar-refractivity contribution is 0.404. The highest BCUT2D eigenvalue weighted by Crippen LogP contribution is 2.32. The van der Waals surface area contributed by atoms with E-state index in [1.54, 1.807) is 30.8 Å². The molecule has 0 aliphatic carbocycles. The largest absolute Gasteiger partial charge is 0.480 e. The Balaban J connectivity index is 0.000000267. The average Bonchev–Trinajstić information content (AvgIpc) is 3.29. The first-order valence-corrected chi connectivity index (χ1v) is 8.58. The maximum absolute atomic E-state index is 5.35. The summed E-state index contributed by atoms with van der Waals surface area (Å²) < 4.78 is 6.34. The molecule has 0 spiro atoms. The second-order valence-corrected chi connectivity index (χ2v) is 6.23. The third-order valence-electron chi connectivity index (χ3n) is 3.65. The lowest BCUT2D eigenvalue weighted by Gasteiger charge is -2.04. The summed E-state index contributed by atoms with van der Waals surface area (Å²) in [5.41, 5.74) is 3.04. The summed E-state index contributed by atoms with van der Waals surface area (Å²) in [7, 11) is 1.63. The summed E-state index contributed by atoms with van der Waals surface area (Å²) in [5, 5.41) is 5.29. The highest BCUT2D eigenvalue weighted by Gasteiger charge is 2.12. The quantitative estimate of drug-likeness (QED) is 0.781. The van der Waals surface area contributed by atoms with E-state index in [4.69, 9.17) is 4.74 Å². The van der Waals surface area contributed by atoms with E-state index in [0.29, 0.717) is 11.7 Å². The molecule has 4 rings (SSSR count). The van der Waals surface area contributed by atoms with Crippen LogP contribution in [-0.4, -0.2) is 35.2 Å². The molecule has 3 aromatic heterocycles. The van der Waals surface area contributed by atoms with Crippen LogP contribution in [0, 0.1) is 6.92 Å². The summed E-state index contributed by atoms with van der Waals surface area (Å²) in [5.74, 6) is 1.30. The fraction of sp³-hybridized carbons (Fsp3) is 0.353. The van der Waals surface area contributed by atoms with Crippen LogP contribution in [0.25, 0.3) is 21.6 Å². The SMILES string of the molecule is C1CCNC1.COc1nc(-c2ccncc2)nc2c(C)csc12. The predicted molar refractivity (Wildman–Crippen MR) is 94.0 cm³/mol. The van der Waals surface area contributed by atoms with Gasteiger partial charge in [0.1, 0.15) is 4.70 Å².